The molecule has 102 valence electrons. The van der Waals surface area contributed by atoms with Gasteiger partial charge in [-0.25, -0.2) is 0 Å². The van der Waals surface area contributed by atoms with E-state index in [0.717, 1.165) is 18.3 Å². The van der Waals surface area contributed by atoms with Crippen LogP contribution >= 0.6 is 0 Å². The summed E-state index contributed by atoms with van der Waals surface area (Å²) in [5, 5.41) is 3.25. The molecule has 1 N–H and O–H groups in total. The van der Waals surface area contributed by atoms with Gasteiger partial charge in [-0.1, -0.05) is 36.2 Å². The third kappa shape index (κ3) is 2.99. The molecule has 2 nitrogen and oxygen atoms in total. The van der Waals surface area contributed by atoms with Gasteiger partial charge >= 0.3 is 0 Å². The smallest absolute Gasteiger partial charge is 0.220 e. The van der Waals surface area contributed by atoms with Gasteiger partial charge in [-0.15, -0.1) is 0 Å². The highest BCUT2D eigenvalue weighted by Gasteiger charge is 2.39. The summed E-state index contributed by atoms with van der Waals surface area (Å²) < 4.78 is 0. The first-order chi connectivity index (χ1) is 9.20. The van der Waals surface area contributed by atoms with Crippen LogP contribution < -0.4 is 5.32 Å². The first kappa shape index (κ1) is 12.7. The Bertz CT molecular complexity index is 451. The van der Waals surface area contributed by atoms with Crippen LogP contribution in [0.4, 0.5) is 0 Å². The van der Waals surface area contributed by atoms with Gasteiger partial charge in [-0.05, 0) is 50.0 Å². The number of aryl methyl sites for hydroxylation is 2. The van der Waals surface area contributed by atoms with Crippen LogP contribution in [0.5, 0.6) is 0 Å². The third-order valence-electron chi connectivity index (χ3n) is 4.85. The molecule has 0 saturated heterocycles. The topological polar surface area (TPSA) is 29.1 Å². The van der Waals surface area contributed by atoms with E-state index in [1.165, 1.54) is 36.8 Å². The predicted molar refractivity (Wildman–Crippen MR) is 76.9 cm³/mol. The van der Waals surface area contributed by atoms with E-state index in [2.05, 4.69) is 36.5 Å². The van der Waals surface area contributed by atoms with E-state index in [0.29, 0.717) is 12.5 Å². The predicted octanol–water partition coefficient (Wildman–Crippen LogP) is 3.23. The minimum Gasteiger partial charge on any atom is -0.353 e. The van der Waals surface area contributed by atoms with Crippen molar-refractivity contribution in [2.45, 2.75) is 51.5 Å². The summed E-state index contributed by atoms with van der Waals surface area (Å²) in [6, 6.07) is 8.95. The van der Waals surface area contributed by atoms with Crippen molar-refractivity contribution in [1.29, 1.82) is 0 Å². The lowest BCUT2D eigenvalue weighted by Gasteiger charge is -2.22. The molecule has 0 aliphatic heterocycles. The first-order valence-electron chi connectivity index (χ1n) is 7.55. The summed E-state index contributed by atoms with van der Waals surface area (Å²) in [4.78, 5) is 12.0. The molecule has 2 heteroatoms. The molecule has 2 aliphatic rings. The highest BCUT2D eigenvalue weighted by molar-refractivity contribution is 5.76. The molecule has 2 fully saturated rings. The summed E-state index contributed by atoms with van der Waals surface area (Å²) >= 11 is 0. The molecule has 0 heterocycles. The third-order valence-corrected chi connectivity index (χ3v) is 4.85. The lowest BCUT2D eigenvalue weighted by atomic mass is 9.95. The van der Waals surface area contributed by atoms with Crippen molar-refractivity contribution in [1.82, 2.24) is 5.32 Å². The van der Waals surface area contributed by atoms with E-state index in [4.69, 9.17) is 0 Å². The second kappa shape index (κ2) is 5.36. The zero-order chi connectivity index (χ0) is 13.2. The standard InChI is InChI=1S/C17H23NO/c1-12-2-4-13(5-3-12)7-9-17(19)18-16-11-14-6-8-15(16)10-14/h2-5,14-16H,6-11H2,1H3,(H,18,19)/t14-,15+,16+/m0/s1. The quantitative estimate of drug-likeness (QED) is 0.881. The summed E-state index contributed by atoms with van der Waals surface area (Å²) in [5.74, 6) is 1.90. The average molecular weight is 257 g/mol. The number of hydrogen-bond acceptors (Lipinski definition) is 1. The molecular formula is C17H23NO. The Hall–Kier alpha value is -1.31. The van der Waals surface area contributed by atoms with E-state index in [-0.39, 0.29) is 5.91 Å². The fourth-order valence-corrected chi connectivity index (χ4v) is 3.71. The lowest BCUT2D eigenvalue weighted by molar-refractivity contribution is -0.122. The van der Waals surface area contributed by atoms with E-state index < -0.39 is 0 Å². The number of nitrogens with one attached hydrogen (secondary N) is 1. The monoisotopic (exact) mass is 257 g/mol. The highest BCUT2D eigenvalue weighted by Crippen LogP contribution is 2.44. The first-order valence-corrected chi connectivity index (χ1v) is 7.55. The van der Waals surface area contributed by atoms with Crippen LogP contribution in [-0.2, 0) is 11.2 Å². The Balaban J connectivity index is 1.45. The molecule has 0 spiro atoms. The molecule has 0 unspecified atom stereocenters. The summed E-state index contributed by atoms with van der Waals surface area (Å²) in [6.45, 7) is 2.09. The van der Waals surface area contributed by atoms with Crippen LogP contribution in [0.3, 0.4) is 0 Å². The van der Waals surface area contributed by atoms with Crippen molar-refractivity contribution >= 4 is 5.91 Å². The van der Waals surface area contributed by atoms with Crippen LogP contribution in [0.1, 0.15) is 43.2 Å². The van der Waals surface area contributed by atoms with Gasteiger partial charge in [-0.2, -0.15) is 0 Å². The maximum atomic E-state index is 12.0. The van der Waals surface area contributed by atoms with Gasteiger partial charge in [0.1, 0.15) is 0 Å². The summed E-state index contributed by atoms with van der Waals surface area (Å²) in [7, 11) is 0. The molecule has 1 amide bonds. The van der Waals surface area contributed by atoms with Gasteiger partial charge in [0.15, 0.2) is 0 Å². The Morgan fingerprint density at radius 3 is 2.63 bits per heavy atom. The van der Waals surface area contributed by atoms with Crippen LogP contribution in [-0.4, -0.2) is 11.9 Å². The number of carbonyl (C=O) groups excluding carboxylic acids is 1. The Kier molecular flexibility index (Phi) is 3.58. The van der Waals surface area contributed by atoms with Gasteiger partial charge in [0.05, 0.1) is 0 Å². The zero-order valence-electron chi connectivity index (χ0n) is 11.7. The summed E-state index contributed by atoms with van der Waals surface area (Å²) in [5.41, 5.74) is 2.53. The van der Waals surface area contributed by atoms with Gasteiger partial charge in [0, 0.05) is 12.5 Å². The van der Waals surface area contributed by atoms with Gasteiger partial charge < -0.3 is 5.32 Å². The van der Waals surface area contributed by atoms with Crippen LogP contribution in [0.15, 0.2) is 24.3 Å². The van der Waals surface area contributed by atoms with E-state index in [9.17, 15) is 4.79 Å². The minimum absolute atomic E-state index is 0.234. The molecule has 2 aliphatic carbocycles. The number of carbonyl (C=O) groups is 1. The Morgan fingerprint density at radius 2 is 2.00 bits per heavy atom. The highest BCUT2D eigenvalue weighted by atomic mass is 16.1. The molecular weight excluding hydrogens is 234 g/mol. The molecule has 0 aromatic heterocycles. The molecule has 19 heavy (non-hydrogen) atoms. The van der Waals surface area contributed by atoms with Crippen molar-refractivity contribution in [3.63, 3.8) is 0 Å². The minimum atomic E-state index is 0.234. The van der Waals surface area contributed by atoms with Crippen LogP contribution in [0, 0.1) is 18.8 Å². The Labute approximate surface area is 115 Å². The van der Waals surface area contributed by atoms with Gasteiger partial charge in [-0.3, -0.25) is 4.79 Å². The van der Waals surface area contributed by atoms with Crippen molar-refractivity contribution < 1.29 is 4.79 Å². The molecule has 1 aromatic carbocycles. The van der Waals surface area contributed by atoms with Crippen molar-refractivity contribution in [2.75, 3.05) is 0 Å². The van der Waals surface area contributed by atoms with Crippen molar-refractivity contribution in [3.8, 4) is 0 Å². The lowest BCUT2D eigenvalue weighted by Crippen LogP contribution is -2.38. The zero-order valence-corrected chi connectivity index (χ0v) is 11.7. The molecule has 0 radical (unpaired) electrons. The maximum Gasteiger partial charge on any atom is 0.220 e. The maximum absolute atomic E-state index is 12.0. The number of rotatable bonds is 4. The van der Waals surface area contributed by atoms with Crippen LogP contribution in [0.2, 0.25) is 0 Å². The van der Waals surface area contributed by atoms with Crippen molar-refractivity contribution in [3.05, 3.63) is 35.4 Å². The number of fused-ring (bicyclic) bond motifs is 2. The number of benzene rings is 1. The average Bonchev–Trinajstić information content (AvgIpc) is 3.00. The van der Waals surface area contributed by atoms with Gasteiger partial charge in [0.2, 0.25) is 5.91 Å². The second-order valence-corrected chi connectivity index (χ2v) is 6.33. The Morgan fingerprint density at radius 1 is 1.21 bits per heavy atom. The second-order valence-electron chi connectivity index (χ2n) is 6.33. The SMILES string of the molecule is Cc1ccc(CCC(=O)N[C@@H]2C[C@H]3CC[C@@H]2C3)cc1. The van der Waals surface area contributed by atoms with Gasteiger partial charge in [0.25, 0.3) is 0 Å². The largest absolute Gasteiger partial charge is 0.353 e. The fraction of sp³-hybridized carbons (Fsp3) is 0.588. The fourth-order valence-electron chi connectivity index (χ4n) is 3.71. The number of amides is 1. The van der Waals surface area contributed by atoms with E-state index in [1.807, 2.05) is 0 Å². The van der Waals surface area contributed by atoms with E-state index >= 15 is 0 Å². The van der Waals surface area contributed by atoms with Crippen LogP contribution in [0.25, 0.3) is 0 Å². The molecule has 3 atom stereocenters. The normalized spacial score (nSPS) is 28.6. The molecule has 3 rings (SSSR count). The van der Waals surface area contributed by atoms with Crippen molar-refractivity contribution in [2.24, 2.45) is 11.8 Å². The van der Waals surface area contributed by atoms with E-state index in [1.54, 1.807) is 0 Å². The molecule has 2 bridgehead atoms. The molecule has 1 aromatic rings. The molecule has 2 saturated carbocycles. The number of hydrogen-bond donors (Lipinski definition) is 1. The summed E-state index contributed by atoms with van der Waals surface area (Å²) in [6.07, 6.45) is 6.77.